The maximum absolute atomic E-state index is 5.91. The second-order valence-corrected chi connectivity index (χ2v) is 4.56. The highest BCUT2D eigenvalue weighted by molar-refractivity contribution is 5.18. The van der Waals surface area contributed by atoms with Crippen LogP contribution in [-0.4, -0.2) is 24.2 Å². The van der Waals surface area contributed by atoms with Crippen molar-refractivity contribution in [2.24, 2.45) is 0 Å². The fraction of sp³-hybridized carbons (Fsp3) is 0.615. The molecule has 2 heterocycles. The Morgan fingerprint density at radius 3 is 2.75 bits per heavy atom. The summed E-state index contributed by atoms with van der Waals surface area (Å²) in [4.78, 5) is 4.34. The molecule has 0 radical (unpaired) electrons. The van der Waals surface area contributed by atoms with E-state index in [1.807, 2.05) is 20.2 Å². The molecule has 0 bridgehead atoms. The predicted octanol–water partition coefficient (Wildman–Crippen LogP) is 2.22. The Hall–Kier alpha value is -0.930. The smallest absolute Gasteiger partial charge is 0.0774 e. The molecule has 1 aromatic rings. The molecule has 3 unspecified atom stereocenters. The van der Waals surface area contributed by atoms with E-state index in [9.17, 15) is 0 Å². The number of nitrogens with one attached hydrogen (secondary N) is 1. The number of rotatable bonds is 3. The molecule has 0 amide bonds. The number of likely N-dealkylation sites (N-methyl/N-ethyl adjacent to an activating group) is 1. The quantitative estimate of drug-likeness (QED) is 0.848. The number of nitrogens with zero attached hydrogens (tertiary/aromatic N) is 1. The first-order chi connectivity index (χ1) is 7.70. The van der Waals surface area contributed by atoms with Crippen LogP contribution in [0.25, 0.3) is 0 Å². The third-order valence-electron chi connectivity index (χ3n) is 3.24. The van der Waals surface area contributed by atoms with Gasteiger partial charge in [0.2, 0.25) is 0 Å². The van der Waals surface area contributed by atoms with Crippen molar-refractivity contribution >= 4 is 0 Å². The molecule has 1 N–H and O–H groups in total. The van der Waals surface area contributed by atoms with Crippen molar-refractivity contribution in [1.29, 1.82) is 0 Å². The van der Waals surface area contributed by atoms with Gasteiger partial charge in [0, 0.05) is 11.9 Å². The zero-order valence-corrected chi connectivity index (χ0v) is 10.2. The summed E-state index contributed by atoms with van der Waals surface area (Å²) in [6.45, 7) is 4.15. The van der Waals surface area contributed by atoms with Gasteiger partial charge in [-0.25, -0.2) is 0 Å². The van der Waals surface area contributed by atoms with Gasteiger partial charge in [0.05, 0.1) is 18.2 Å². The van der Waals surface area contributed by atoms with E-state index in [1.165, 1.54) is 5.56 Å². The third kappa shape index (κ3) is 2.42. The van der Waals surface area contributed by atoms with Gasteiger partial charge in [-0.1, -0.05) is 6.07 Å². The Labute approximate surface area is 97.2 Å². The summed E-state index contributed by atoms with van der Waals surface area (Å²) in [5.74, 6) is 0. The van der Waals surface area contributed by atoms with Gasteiger partial charge < -0.3 is 10.1 Å². The fourth-order valence-corrected chi connectivity index (χ4v) is 2.31. The predicted molar refractivity (Wildman–Crippen MR) is 64.3 cm³/mol. The average Bonchev–Trinajstić information content (AvgIpc) is 2.69. The van der Waals surface area contributed by atoms with Gasteiger partial charge >= 0.3 is 0 Å². The lowest BCUT2D eigenvalue weighted by molar-refractivity contribution is 0.0332. The Balaban J connectivity index is 2.13. The molecule has 88 valence electrons. The van der Waals surface area contributed by atoms with Crippen LogP contribution in [0.3, 0.4) is 0 Å². The summed E-state index contributed by atoms with van der Waals surface area (Å²) in [6.07, 6.45) is 4.90. The second-order valence-electron chi connectivity index (χ2n) is 4.56. The van der Waals surface area contributed by atoms with Crippen molar-refractivity contribution in [3.63, 3.8) is 0 Å². The topological polar surface area (TPSA) is 34.2 Å². The van der Waals surface area contributed by atoms with Gasteiger partial charge in [0.25, 0.3) is 0 Å². The minimum absolute atomic E-state index is 0.262. The van der Waals surface area contributed by atoms with Crippen LogP contribution in [0.1, 0.15) is 37.1 Å². The molecule has 0 saturated carbocycles. The SMILES string of the molecule is CNC(c1ccc(C)nc1)C1CCC(C)O1. The van der Waals surface area contributed by atoms with E-state index in [0.717, 1.165) is 18.5 Å². The lowest BCUT2D eigenvalue weighted by Crippen LogP contribution is -2.29. The van der Waals surface area contributed by atoms with E-state index in [0.29, 0.717) is 6.10 Å². The molecular weight excluding hydrogens is 200 g/mol. The fourth-order valence-electron chi connectivity index (χ4n) is 2.31. The molecule has 1 fully saturated rings. The van der Waals surface area contributed by atoms with E-state index in [4.69, 9.17) is 4.74 Å². The Morgan fingerprint density at radius 1 is 1.44 bits per heavy atom. The Morgan fingerprint density at radius 2 is 2.25 bits per heavy atom. The number of ether oxygens (including phenoxy) is 1. The maximum atomic E-state index is 5.91. The van der Waals surface area contributed by atoms with Crippen LogP contribution >= 0.6 is 0 Å². The van der Waals surface area contributed by atoms with Gasteiger partial charge in [0.15, 0.2) is 0 Å². The van der Waals surface area contributed by atoms with Crippen LogP contribution in [0.5, 0.6) is 0 Å². The van der Waals surface area contributed by atoms with E-state index < -0.39 is 0 Å². The van der Waals surface area contributed by atoms with Gasteiger partial charge in [-0.2, -0.15) is 0 Å². The summed E-state index contributed by atoms with van der Waals surface area (Å²) in [6, 6.07) is 4.45. The number of pyridine rings is 1. The molecule has 3 atom stereocenters. The van der Waals surface area contributed by atoms with Crippen molar-refractivity contribution in [3.05, 3.63) is 29.6 Å². The van der Waals surface area contributed by atoms with E-state index in [1.54, 1.807) is 0 Å². The molecule has 1 saturated heterocycles. The molecule has 3 nitrogen and oxygen atoms in total. The molecule has 0 spiro atoms. The molecule has 0 aromatic carbocycles. The van der Waals surface area contributed by atoms with Crippen molar-refractivity contribution < 1.29 is 4.74 Å². The molecule has 3 heteroatoms. The summed E-state index contributed by atoms with van der Waals surface area (Å²) >= 11 is 0. The van der Waals surface area contributed by atoms with Crippen molar-refractivity contribution in [1.82, 2.24) is 10.3 Å². The van der Waals surface area contributed by atoms with Gasteiger partial charge in [0.1, 0.15) is 0 Å². The van der Waals surface area contributed by atoms with Crippen LogP contribution in [0.4, 0.5) is 0 Å². The second kappa shape index (κ2) is 4.93. The molecular formula is C13H20N2O. The Bertz CT molecular complexity index is 336. The molecule has 0 aliphatic carbocycles. The standard InChI is InChI=1S/C13H20N2O/c1-9-4-6-11(8-15-9)13(14-3)12-7-5-10(2)16-12/h4,6,8,10,12-14H,5,7H2,1-3H3. The zero-order valence-electron chi connectivity index (χ0n) is 10.2. The van der Waals surface area contributed by atoms with Crippen molar-refractivity contribution in [2.45, 2.75) is 44.9 Å². The van der Waals surface area contributed by atoms with E-state index >= 15 is 0 Å². The number of hydrogen-bond acceptors (Lipinski definition) is 3. The minimum Gasteiger partial charge on any atom is -0.373 e. The monoisotopic (exact) mass is 220 g/mol. The summed E-state index contributed by atoms with van der Waals surface area (Å²) in [5, 5.41) is 3.34. The number of aromatic nitrogens is 1. The number of aryl methyl sites for hydroxylation is 1. The largest absolute Gasteiger partial charge is 0.373 e. The van der Waals surface area contributed by atoms with Crippen LogP contribution in [0, 0.1) is 6.92 Å². The molecule has 16 heavy (non-hydrogen) atoms. The van der Waals surface area contributed by atoms with Crippen LogP contribution < -0.4 is 5.32 Å². The zero-order chi connectivity index (χ0) is 11.5. The van der Waals surface area contributed by atoms with Crippen molar-refractivity contribution in [2.75, 3.05) is 7.05 Å². The normalized spacial score (nSPS) is 26.9. The molecule has 2 rings (SSSR count). The van der Waals surface area contributed by atoms with E-state index in [-0.39, 0.29) is 12.1 Å². The first-order valence-electron chi connectivity index (χ1n) is 5.96. The van der Waals surface area contributed by atoms with Gasteiger partial charge in [-0.3, -0.25) is 4.98 Å². The summed E-state index contributed by atoms with van der Waals surface area (Å²) in [5.41, 5.74) is 2.27. The van der Waals surface area contributed by atoms with Gasteiger partial charge in [-0.05, 0) is 45.4 Å². The average molecular weight is 220 g/mol. The number of hydrogen-bond donors (Lipinski definition) is 1. The van der Waals surface area contributed by atoms with Crippen molar-refractivity contribution in [3.8, 4) is 0 Å². The van der Waals surface area contributed by atoms with Crippen LogP contribution in [0.15, 0.2) is 18.3 Å². The third-order valence-corrected chi connectivity index (χ3v) is 3.24. The van der Waals surface area contributed by atoms with Crippen LogP contribution in [0.2, 0.25) is 0 Å². The molecule has 1 aliphatic rings. The first kappa shape index (κ1) is 11.6. The minimum atomic E-state index is 0.262. The molecule has 1 aromatic heterocycles. The lowest BCUT2D eigenvalue weighted by Gasteiger charge is -2.23. The highest BCUT2D eigenvalue weighted by atomic mass is 16.5. The van der Waals surface area contributed by atoms with Gasteiger partial charge in [-0.15, -0.1) is 0 Å². The van der Waals surface area contributed by atoms with E-state index in [2.05, 4.69) is 29.4 Å². The summed E-state index contributed by atoms with van der Waals surface area (Å²) in [7, 11) is 1.98. The highest BCUT2D eigenvalue weighted by Crippen LogP contribution is 2.29. The first-order valence-corrected chi connectivity index (χ1v) is 5.96. The van der Waals surface area contributed by atoms with Crippen LogP contribution in [-0.2, 0) is 4.74 Å². The highest BCUT2D eigenvalue weighted by Gasteiger charge is 2.29. The molecule has 1 aliphatic heterocycles. The lowest BCUT2D eigenvalue weighted by atomic mass is 10.0. The Kier molecular flexibility index (Phi) is 3.56. The summed E-state index contributed by atoms with van der Waals surface area (Å²) < 4.78 is 5.91. The maximum Gasteiger partial charge on any atom is 0.0774 e.